The Balaban J connectivity index is -0.000000200. The summed E-state index contributed by atoms with van der Waals surface area (Å²) in [5, 5.41) is 20.7. The van der Waals surface area contributed by atoms with Crippen molar-refractivity contribution in [2.75, 3.05) is 0 Å². The quantitative estimate of drug-likeness (QED) is 0.295. The molecule has 0 aromatic carbocycles. The molecule has 0 aliphatic heterocycles. The largest absolute Gasteiger partial charge is 0.389 e. The van der Waals surface area contributed by atoms with Crippen molar-refractivity contribution in [1.29, 1.82) is 0 Å². The van der Waals surface area contributed by atoms with Crippen molar-refractivity contribution in [2.45, 2.75) is 396 Å². The minimum atomic E-state index is -0.625. The van der Waals surface area contributed by atoms with Crippen LogP contribution in [-0.4, -0.2) is 21.4 Å². The van der Waals surface area contributed by atoms with Crippen molar-refractivity contribution in [3.05, 3.63) is 0 Å². The fourth-order valence-electron chi connectivity index (χ4n) is 14.3. The Kier molecular flexibility index (Phi) is 34.4. The molecular weight excluding hydrogens is 969 g/mol. The summed E-state index contributed by atoms with van der Waals surface area (Å²) >= 11 is 0. The van der Waals surface area contributed by atoms with E-state index >= 15 is 0 Å². The number of hydrogen-bond donors (Lipinski definition) is 2. The van der Waals surface area contributed by atoms with Crippen LogP contribution in [0, 0.1) is 110 Å². The molecule has 2 heteroatoms. The Morgan fingerprint density at radius 3 is 0.625 bits per heavy atom. The van der Waals surface area contributed by atoms with Gasteiger partial charge in [-0.05, 0) is 143 Å². The fraction of sp³-hybridized carbons (Fsp3) is 1.00. The second-order valence-electron chi connectivity index (χ2n) is 42.1. The standard InChI is InChI=1S/C12H26O.C12H24.C12H26.2C11H24.C10H22O.C10H22/c1-8-12(13,11(5,6)7)9-10(2,3)4;1-10(2,3)12(8-7-9-12)11(4,5)6;1-9(2)10(11(3,4)5)12(6,7)8;1-9(2,3)11(7,8)10(4,5)6;1-8-9(10(2,3)4)11(5,6)7;1-8(2,3)10(7,11)9(4,5)6;1-8(9(2,3)4)10(5,6)7/h13H,8-9H2,1-7H3;7-9H2,1-6H3;9-10H,1-8H3;1-8H3;9H,8H2,1-7H3;11H,1-7H3;8H,1-7H3. The first-order valence-electron chi connectivity index (χ1n) is 33.1. The number of rotatable bonds is 4. The maximum absolute atomic E-state index is 10.5. The average molecular weight is 1140 g/mol. The van der Waals surface area contributed by atoms with Crippen LogP contribution >= 0.6 is 0 Å². The lowest BCUT2D eigenvalue weighted by molar-refractivity contribution is -0.121. The normalized spacial score (nSPS) is 16.6. The maximum atomic E-state index is 10.5. The zero-order valence-corrected chi connectivity index (χ0v) is 66.4. The van der Waals surface area contributed by atoms with Crippen molar-refractivity contribution < 1.29 is 10.2 Å². The molecule has 1 aliphatic rings. The molecule has 492 valence electrons. The van der Waals surface area contributed by atoms with Crippen LogP contribution in [0.2, 0.25) is 0 Å². The maximum Gasteiger partial charge on any atom is 0.0715 e. The van der Waals surface area contributed by atoms with Crippen molar-refractivity contribution in [3.8, 4) is 0 Å². The van der Waals surface area contributed by atoms with Gasteiger partial charge in [0, 0.05) is 0 Å². The van der Waals surface area contributed by atoms with Gasteiger partial charge < -0.3 is 10.2 Å². The van der Waals surface area contributed by atoms with Crippen molar-refractivity contribution in [1.82, 2.24) is 0 Å². The molecule has 1 atom stereocenters. The molecule has 0 amide bonds. The SMILES string of the molecule is CC(C(C)(C)C)C(C)(C)C.CC(C)(C)C(C)(C)C(C)(C)C.CC(C)(C)C(C)(O)C(C)(C)C.CC(C)(C)C1(C(C)(C)C)CCC1.CC(C)C(C(C)(C)C)C(C)(C)C.CCC(C(C)(C)C)C(C)(C)C.CCC(O)(CC(C)(C)C)C(C)(C)C. The summed E-state index contributed by atoms with van der Waals surface area (Å²) in [7, 11) is 0. The molecule has 0 saturated heterocycles. The zero-order chi connectivity index (χ0) is 67.6. The number of hydrogen-bond acceptors (Lipinski definition) is 2. The summed E-state index contributed by atoms with van der Waals surface area (Å²) in [5.41, 5.74) is 4.19. The van der Waals surface area contributed by atoms with Crippen LogP contribution < -0.4 is 0 Å². The summed E-state index contributed by atoms with van der Waals surface area (Å²) < 4.78 is 0. The third-order valence-corrected chi connectivity index (χ3v) is 21.2. The fourth-order valence-corrected chi connectivity index (χ4v) is 14.3. The molecule has 2 N–H and O–H groups in total. The molecule has 2 nitrogen and oxygen atoms in total. The predicted octanol–water partition coefficient (Wildman–Crippen LogP) is 27.0. The first-order valence-corrected chi connectivity index (χ1v) is 33.1. The van der Waals surface area contributed by atoms with Gasteiger partial charge in [-0.1, -0.05) is 352 Å². The molecule has 0 spiro atoms. The Morgan fingerprint density at radius 1 is 0.350 bits per heavy atom. The molecule has 1 fully saturated rings. The van der Waals surface area contributed by atoms with Gasteiger partial charge in [0.1, 0.15) is 0 Å². The van der Waals surface area contributed by atoms with E-state index in [1.54, 1.807) is 0 Å². The highest BCUT2D eigenvalue weighted by atomic mass is 16.3. The third kappa shape index (κ3) is 31.0. The van der Waals surface area contributed by atoms with E-state index in [1.165, 1.54) is 25.7 Å². The van der Waals surface area contributed by atoms with Gasteiger partial charge in [0.25, 0.3) is 0 Å². The highest BCUT2D eigenvalue weighted by molar-refractivity contribution is 5.03. The van der Waals surface area contributed by atoms with Crippen LogP contribution in [-0.2, 0) is 0 Å². The lowest BCUT2D eigenvalue weighted by Gasteiger charge is -2.60. The molecule has 0 radical (unpaired) electrons. The molecular formula is C78H168O2. The number of aliphatic hydroxyl groups is 2. The Morgan fingerprint density at radius 2 is 0.613 bits per heavy atom. The smallest absolute Gasteiger partial charge is 0.0715 e. The van der Waals surface area contributed by atoms with E-state index in [9.17, 15) is 10.2 Å². The van der Waals surface area contributed by atoms with Gasteiger partial charge >= 0.3 is 0 Å². The van der Waals surface area contributed by atoms with Crippen LogP contribution in [0.15, 0.2) is 0 Å². The van der Waals surface area contributed by atoms with Gasteiger partial charge in [-0.3, -0.25) is 0 Å². The Bertz CT molecular complexity index is 1500. The molecule has 0 aromatic rings. The van der Waals surface area contributed by atoms with Crippen LogP contribution in [0.25, 0.3) is 0 Å². The van der Waals surface area contributed by atoms with Crippen molar-refractivity contribution in [3.63, 3.8) is 0 Å². The van der Waals surface area contributed by atoms with Crippen LogP contribution in [0.1, 0.15) is 385 Å². The lowest BCUT2D eigenvalue weighted by atomic mass is 9.45. The van der Waals surface area contributed by atoms with Gasteiger partial charge in [0.15, 0.2) is 0 Å². The van der Waals surface area contributed by atoms with Gasteiger partial charge in [-0.2, -0.15) is 0 Å². The molecule has 0 heterocycles. The summed E-state index contributed by atoms with van der Waals surface area (Å²) in [6.07, 6.45) is 7.27. The van der Waals surface area contributed by atoms with Gasteiger partial charge in [0.05, 0.1) is 11.2 Å². The Labute approximate surface area is 513 Å². The van der Waals surface area contributed by atoms with E-state index < -0.39 is 11.2 Å². The van der Waals surface area contributed by atoms with Crippen LogP contribution in [0.3, 0.4) is 0 Å². The first kappa shape index (κ1) is 91.1. The highest BCUT2D eigenvalue weighted by Gasteiger charge is 2.54. The third-order valence-electron chi connectivity index (χ3n) is 21.2. The van der Waals surface area contributed by atoms with E-state index in [1.807, 2.05) is 6.92 Å². The van der Waals surface area contributed by atoms with Gasteiger partial charge in [-0.25, -0.2) is 0 Å². The molecule has 80 heavy (non-hydrogen) atoms. The van der Waals surface area contributed by atoms with Crippen LogP contribution in [0.4, 0.5) is 0 Å². The predicted molar refractivity (Wildman–Crippen MR) is 374 cm³/mol. The van der Waals surface area contributed by atoms with Gasteiger partial charge in [-0.15, -0.1) is 0 Å². The Hall–Kier alpha value is -0.0800. The summed E-state index contributed by atoms with van der Waals surface area (Å²) in [6, 6.07) is 0. The van der Waals surface area contributed by atoms with E-state index in [2.05, 4.69) is 339 Å². The minimum Gasteiger partial charge on any atom is -0.389 e. The molecule has 1 aliphatic carbocycles. The summed E-state index contributed by atoms with van der Waals surface area (Å²) in [6.45, 7) is 114. The highest BCUT2D eigenvalue weighted by Crippen LogP contribution is 2.63. The van der Waals surface area contributed by atoms with E-state index in [0.717, 1.165) is 36.5 Å². The summed E-state index contributed by atoms with van der Waals surface area (Å²) in [5.74, 6) is 3.13. The monoisotopic (exact) mass is 1140 g/mol. The lowest BCUT2D eigenvalue weighted by Crippen LogP contribution is -2.51. The molecule has 1 rings (SSSR count). The van der Waals surface area contributed by atoms with E-state index in [-0.39, 0.29) is 21.7 Å². The minimum absolute atomic E-state index is 0.0327. The van der Waals surface area contributed by atoms with Gasteiger partial charge in [0.2, 0.25) is 0 Å². The van der Waals surface area contributed by atoms with Crippen molar-refractivity contribution in [2.24, 2.45) is 110 Å². The molecule has 1 unspecified atom stereocenters. The summed E-state index contributed by atoms with van der Waals surface area (Å²) in [4.78, 5) is 0. The molecule has 0 bridgehead atoms. The second-order valence-corrected chi connectivity index (χ2v) is 42.1. The second kappa shape index (κ2) is 30.2. The molecule has 1 saturated carbocycles. The van der Waals surface area contributed by atoms with Crippen LogP contribution in [0.5, 0.6) is 0 Å². The van der Waals surface area contributed by atoms with E-state index in [4.69, 9.17) is 0 Å². The zero-order valence-electron chi connectivity index (χ0n) is 66.4. The van der Waals surface area contributed by atoms with Crippen molar-refractivity contribution >= 4 is 0 Å². The molecule has 0 aromatic heterocycles. The first-order chi connectivity index (χ1) is 33.6. The topological polar surface area (TPSA) is 40.5 Å². The average Bonchev–Trinajstić information content (AvgIpc) is 3.04. The van der Waals surface area contributed by atoms with E-state index in [0.29, 0.717) is 65.0 Å².